The quantitative estimate of drug-likeness (QED) is 0.195. The molecule has 0 spiro atoms. The van der Waals surface area contributed by atoms with E-state index in [9.17, 15) is 0 Å². The van der Waals surface area contributed by atoms with Gasteiger partial charge in [0.15, 0.2) is 0 Å². The van der Waals surface area contributed by atoms with E-state index in [0.717, 1.165) is 24.9 Å². The van der Waals surface area contributed by atoms with Crippen LogP contribution in [-0.4, -0.2) is 13.7 Å². The van der Waals surface area contributed by atoms with Crippen molar-refractivity contribution in [1.29, 1.82) is 0 Å². The molecule has 0 unspecified atom stereocenters. The molecule has 0 bridgehead atoms. The summed E-state index contributed by atoms with van der Waals surface area (Å²) >= 11 is 0. The van der Waals surface area contributed by atoms with Crippen LogP contribution in [0, 0.1) is 0 Å². The molecule has 10 rings (SSSR count). The predicted molar refractivity (Wildman–Crippen MR) is 194 cm³/mol. The van der Waals surface area contributed by atoms with Gasteiger partial charge in [0.2, 0.25) is 0 Å². The topological polar surface area (TPSA) is 14.8 Å². The highest BCUT2D eigenvalue weighted by molar-refractivity contribution is 6.13. The average Bonchev–Trinajstić information content (AvgIpc) is 3.66. The van der Waals surface area contributed by atoms with Crippen LogP contribution >= 0.6 is 0 Å². The first-order chi connectivity index (χ1) is 22.9. The third-order valence-electron chi connectivity index (χ3n) is 9.91. The maximum Gasteiger partial charge on any atom is 0.0782 e. The van der Waals surface area contributed by atoms with Gasteiger partial charge in [0, 0.05) is 44.2 Å². The van der Waals surface area contributed by atoms with Gasteiger partial charge in [-0.25, -0.2) is 0 Å². The van der Waals surface area contributed by atoms with Crippen LogP contribution < -0.4 is 0 Å². The van der Waals surface area contributed by atoms with E-state index in [2.05, 4.69) is 165 Å². The van der Waals surface area contributed by atoms with Gasteiger partial charge in [-0.2, -0.15) is 0 Å². The van der Waals surface area contributed by atoms with Crippen molar-refractivity contribution in [3.05, 3.63) is 156 Å². The zero-order chi connectivity index (χ0) is 30.2. The summed E-state index contributed by atoms with van der Waals surface area (Å²) in [6.45, 7) is 0. The molecule has 0 N–H and O–H groups in total. The minimum atomic E-state index is 0.945. The van der Waals surface area contributed by atoms with E-state index in [0.29, 0.717) is 0 Å². The summed E-state index contributed by atoms with van der Waals surface area (Å²) in [6.07, 6.45) is 16.9. The lowest BCUT2D eigenvalue weighted by Crippen LogP contribution is -2.04. The second kappa shape index (κ2) is 9.85. The number of fused-ring (bicyclic) bond motifs is 9. The summed E-state index contributed by atoms with van der Waals surface area (Å²) in [5, 5.41) is 5.15. The molecule has 0 atom stereocenters. The monoisotopic (exact) mass is 589 g/mol. The van der Waals surface area contributed by atoms with Crippen LogP contribution in [0.25, 0.3) is 78.9 Å². The van der Waals surface area contributed by atoms with Crippen LogP contribution in [-0.2, 0) is 6.42 Å². The van der Waals surface area contributed by atoms with Gasteiger partial charge in [-0.05, 0) is 79.4 Å². The smallest absolute Gasteiger partial charge is 0.0782 e. The lowest BCUT2D eigenvalue weighted by molar-refractivity contribution is 0.967. The molecule has 5 aromatic carbocycles. The number of nitrogens with zero attached hydrogens (tertiary/aromatic N) is 3. The number of hydrogen-bond acceptors (Lipinski definition) is 0. The van der Waals surface area contributed by atoms with Crippen LogP contribution in [0.1, 0.15) is 35.4 Å². The maximum absolute atomic E-state index is 2.50. The highest BCUT2D eigenvalue weighted by Gasteiger charge is 2.23. The molecule has 0 saturated heterocycles. The third-order valence-corrected chi connectivity index (χ3v) is 9.91. The average molecular weight is 590 g/mol. The number of aryl methyl sites for hydroxylation is 1. The van der Waals surface area contributed by atoms with Gasteiger partial charge in [-0.15, -0.1) is 0 Å². The van der Waals surface area contributed by atoms with Crippen molar-refractivity contribution in [2.45, 2.75) is 19.3 Å². The fourth-order valence-electron chi connectivity index (χ4n) is 7.99. The Balaban J connectivity index is 1.33. The Bertz CT molecular complexity index is 2600. The van der Waals surface area contributed by atoms with Gasteiger partial charge in [0.05, 0.1) is 33.4 Å². The zero-order valence-electron chi connectivity index (χ0n) is 25.4. The van der Waals surface area contributed by atoms with Gasteiger partial charge in [0.25, 0.3) is 0 Å². The van der Waals surface area contributed by atoms with Crippen LogP contribution in [0.5, 0.6) is 0 Å². The van der Waals surface area contributed by atoms with Gasteiger partial charge >= 0.3 is 0 Å². The number of benzene rings is 5. The molecule has 0 saturated carbocycles. The molecular weight excluding hydrogens is 558 g/mol. The number of para-hydroxylation sites is 4. The number of aromatic nitrogens is 3. The van der Waals surface area contributed by atoms with Crippen molar-refractivity contribution in [3.63, 3.8) is 0 Å². The highest BCUT2D eigenvalue weighted by atomic mass is 15.1. The Morgan fingerprint density at radius 2 is 1.20 bits per heavy atom. The Morgan fingerprint density at radius 1 is 0.457 bits per heavy atom. The first-order valence-corrected chi connectivity index (χ1v) is 16.3. The van der Waals surface area contributed by atoms with Gasteiger partial charge in [0.1, 0.15) is 0 Å². The molecule has 0 fully saturated rings. The van der Waals surface area contributed by atoms with E-state index >= 15 is 0 Å². The van der Waals surface area contributed by atoms with Gasteiger partial charge in [-0.3, -0.25) is 0 Å². The predicted octanol–water partition coefficient (Wildman–Crippen LogP) is 11.1. The first kappa shape index (κ1) is 25.5. The van der Waals surface area contributed by atoms with Crippen molar-refractivity contribution in [2.24, 2.45) is 0 Å². The second-order valence-electron chi connectivity index (χ2n) is 12.4. The minimum Gasteiger partial charge on any atom is -0.309 e. The fraction of sp³-hybridized carbons (Fsp3) is 0.0698. The summed E-state index contributed by atoms with van der Waals surface area (Å²) in [6, 6.07) is 42.4. The Kier molecular flexibility index (Phi) is 5.47. The largest absolute Gasteiger partial charge is 0.309 e. The molecule has 2 aliphatic carbocycles. The van der Waals surface area contributed by atoms with Crippen LogP contribution in [0.3, 0.4) is 0 Å². The highest BCUT2D eigenvalue weighted by Crippen LogP contribution is 2.41. The van der Waals surface area contributed by atoms with Crippen molar-refractivity contribution in [2.75, 3.05) is 0 Å². The summed E-state index contributed by atoms with van der Waals surface area (Å²) in [4.78, 5) is 0. The normalized spacial score (nSPS) is 14.0. The van der Waals surface area contributed by atoms with Crippen LogP contribution in [0.2, 0.25) is 0 Å². The summed E-state index contributed by atoms with van der Waals surface area (Å²) in [5.74, 6) is 0. The molecule has 46 heavy (non-hydrogen) atoms. The third kappa shape index (κ3) is 3.54. The molecule has 2 aliphatic rings. The van der Waals surface area contributed by atoms with E-state index in [1.807, 2.05) is 0 Å². The zero-order valence-corrected chi connectivity index (χ0v) is 25.4. The van der Waals surface area contributed by atoms with E-state index < -0.39 is 0 Å². The molecular formula is C43H31N3. The molecule has 0 aliphatic heterocycles. The fourth-order valence-corrected chi connectivity index (χ4v) is 7.99. The molecule has 3 aromatic heterocycles. The van der Waals surface area contributed by atoms with Gasteiger partial charge < -0.3 is 13.7 Å². The Hall–Kier alpha value is -5.80. The number of allylic oxidation sites excluding steroid dienone is 3. The maximum atomic E-state index is 2.50. The molecule has 218 valence electrons. The molecule has 0 radical (unpaired) electrons. The molecule has 3 heterocycles. The van der Waals surface area contributed by atoms with Crippen molar-refractivity contribution in [1.82, 2.24) is 13.7 Å². The number of rotatable bonds is 3. The van der Waals surface area contributed by atoms with Gasteiger partial charge in [-0.1, -0.05) is 97.1 Å². The summed E-state index contributed by atoms with van der Waals surface area (Å²) in [7, 11) is 0. The standard InChI is InChI=1S/C43H31N3/c1-3-14-29(15-4-1)44-37-21-6-2-5-16-33(37)35-27-26-30(28-42(35)44)45-38-22-10-9-19-34(38)36-20-13-25-41(43(36)45)46-39-23-11-7-17-31(39)32-18-8-12-24-40(32)46/h1,3-7,9-17,19-28H,2,8,18H2. The van der Waals surface area contributed by atoms with E-state index in [1.165, 1.54) is 77.5 Å². The number of hydrogen-bond donors (Lipinski definition) is 0. The Morgan fingerprint density at radius 3 is 2.09 bits per heavy atom. The van der Waals surface area contributed by atoms with Crippen LogP contribution in [0.4, 0.5) is 0 Å². The lowest BCUT2D eigenvalue weighted by Gasteiger charge is -2.16. The summed E-state index contributed by atoms with van der Waals surface area (Å²) < 4.78 is 7.42. The van der Waals surface area contributed by atoms with Crippen molar-refractivity contribution >= 4 is 61.8 Å². The SMILES string of the molecule is C1=Cc2c(n(-c3ccccc3)c3cc(-n4c5ccccc5c5cccc(-n6c7c(c8ccccc86)CCC=C7)c54)ccc23)C=CC1. The van der Waals surface area contributed by atoms with Crippen molar-refractivity contribution < 1.29 is 0 Å². The lowest BCUT2D eigenvalue weighted by atomic mass is 10.0. The minimum absolute atomic E-state index is 0.945. The van der Waals surface area contributed by atoms with Crippen molar-refractivity contribution in [3.8, 4) is 17.1 Å². The molecule has 3 heteroatoms. The Labute approximate surface area is 267 Å². The van der Waals surface area contributed by atoms with Crippen LogP contribution in [0.15, 0.2) is 133 Å². The first-order valence-electron chi connectivity index (χ1n) is 16.3. The van der Waals surface area contributed by atoms with E-state index in [1.54, 1.807) is 0 Å². The second-order valence-corrected chi connectivity index (χ2v) is 12.4. The molecule has 3 nitrogen and oxygen atoms in total. The molecule has 0 amide bonds. The molecule has 8 aromatic rings. The van der Waals surface area contributed by atoms with E-state index in [4.69, 9.17) is 0 Å². The summed E-state index contributed by atoms with van der Waals surface area (Å²) in [5.41, 5.74) is 13.7. The van der Waals surface area contributed by atoms with E-state index in [-0.39, 0.29) is 0 Å².